The van der Waals surface area contributed by atoms with Crippen molar-refractivity contribution in [2.24, 2.45) is 0 Å². The average Bonchev–Trinajstić information content (AvgIpc) is 2.61. The number of rotatable bonds is 7. The van der Waals surface area contributed by atoms with Crippen LogP contribution in [0, 0.1) is 0 Å². The smallest absolute Gasteiger partial charge is 0.261 e. The topological polar surface area (TPSA) is 92.8 Å². The molecule has 1 N–H and O–H groups in total. The molecular formula is C18H24N2O5S2. The minimum atomic E-state index is -3.86. The molecule has 0 fully saturated rings. The Morgan fingerprint density at radius 1 is 0.963 bits per heavy atom. The first kappa shape index (κ1) is 21.2. The maximum atomic E-state index is 12.6. The van der Waals surface area contributed by atoms with Crippen LogP contribution < -0.4 is 9.46 Å². The predicted octanol–water partition coefficient (Wildman–Crippen LogP) is 2.87. The van der Waals surface area contributed by atoms with E-state index in [9.17, 15) is 16.8 Å². The Hall–Kier alpha value is -2.10. The van der Waals surface area contributed by atoms with Crippen molar-refractivity contribution >= 4 is 25.7 Å². The summed E-state index contributed by atoms with van der Waals surface area (Å²) in [6.07, 6.45) is 0. The van der Waals surface area contributed by atoms with Crippen LogP contribution in [0.3, 0.4) is 0 Å². The molecule has 0 atom stereocenters. The second-order valence-corrected chi connectivity index (χ2v) is 10.3. The van der Waals surface area contributed by atoms with E-state index in [1.54, 1.807) is 12.1 Å². The van der Waals surface area contributed by atoms with Crippen molar-refractivity contribution in [2.75, 3.05) is 25.9 Å². The van der Waals surface area contributed by atoms with Gasteiger partial charge in [0.2, 0.25) is 10.0 Å². The Kier molecular flexibility index (Phi) is 6.18. The van der Waals surface area contributed by atoms with Gasteiger partial charge < -0.3 is 4.74 Å². The molecule has 0 amide bonds. The quantitative estimate of drug-likeness (QED) is 0.755. The normalized spacial score (nSPS) is 12.4. The number of nitrogens with zero attached hydrogens (tertiary/aromatic N) is 1. The summed E-state index contributed by atoms with van der Waals surface area (Å²) in [4.78, 5) is -0.0231. The molecule has 2 aromatic carbocycles. The highest BCUT2D eigenvalue weighted by Gasteiger charge is 2.24. The third kappa shape index (κ3) is 4.60. The highest BCUT2D eigenvalue weighted by Crippen LogP contribution is 2.30. The maximum absolute atomic E-state index is 12.6. The van der Waals surface area contributed by atoms with Crippen LogP contribution in [0.25, 0.3) is 0 Å². The summed E-state index contributed by atoms with van der Waals surface area (Å²) in [6, 6.07) is 10.7. The van der Waals surface area contributed by atoms with Crippen molar-refractivity contribution in [3.8, 4) is 5.75 Å². The van der Waals surface area contributed by atoms with Gasteiger partial charge in [-0.2, -0.15) is 0 Å². The number of sulfonamides is 2. The first-order valence-corrected chi connectivity index (χ1v) is 11.1. The van der Waals surface area contributed by atoms with E-state index in [2.05, 4.69) is 4.72 Å². The van der Waals surface area contributed by atoms with Crippen LogP contribution in [-0.2, 0) is 20.0 Å². The number of nitrogens with one attached hydrogen (secondary N) is 1. The van der Waals surface area contributed by atoms with Crippen molar-refractivity contribution in [3.63, 3.8) is 0 Å². The molecule has 0 aliphatic rings. The second-order valence-electron chi connectivity index (χ2n) is 6.48. The van der Waals surface area contributed by atoms with E-state index >= 15 is 0 Å². The van der Waals surface area contributed by atoms with Gasteiger partial charge in [-0.3, -0.25) is 4.72 Å². The first-order valence-electron chi connectivity index (χ1n) is 8.22. The Morgan fingerprint density at radius 2 is 1.56 bits per heavy atom. The van der Waals surface area contributed by atoms with Gasteiger partial charge in [-0.05, 0) is 41.8 Å². The molecule has 0 unspecified atom stereocenters. The molecule has 7 nitrogen and oxygen atoms in total. The number of ether oxygens (including phenoxy) is 1. The van der Waals surface area contributed by atoms with Gasteiger partial charge in [0, 0.05) is 14.1 Å². The van der Waals surface area contributed by atoms with E-state index in [-0.39, 0.29) is 27.1 Å². The van der Waals surface area contributed by atoms with E-state index in [4.69, 9.17) is 4.74 Å². The summed E-state index contributed by atoms with van der Waals surface area (Å²) in [5.74, 6) is 0.419. The summed E-state index contributed by atoms with van der Waals surface area (Å²) >= 11 is 0. The van der Waals surface area contributed by atoms with Crippen molar-refractivity contribution in [3.05, 3.63) is 48.0 Å². The van der Waals surface area contributed by atoms with E-state index in [0.29, 0.717) is 0 Å². The second kappa shape index (κ2) is 7.87. The fraction of sp³-hybridized carbons (Fsp3) is 0.333. The Bertz CT molecular complexity index is 1010. The molecule has 0 saturated heterocycles. The lowest BCUT2D eigenvalue weighted by molar-refractivity contribution is 0.400. The largest absolute Gasteiger partial charge is 0.495 e. The molecule has 0 aromatic heterocycles. The van der Waals surface area contributed by atoms with Crippen LogP contribution in [0.15, 0.2) is 52.3 Å². The highest BCUT2D eigenvalue weighted by atomic mass is 32.2. The SMILES string of the molecule is COc1ccc(NS(=O)(=O)c2ccc(C(C)C)cc2)cc1S(=O)(=O)N(C)C. The van der Waals surface area contributed by atoms with Gasteiger partial charge in [0.1, 0.15) is 10.6 Å². The monoisotopic (exact) mass is 412 g/mol. The number of benzene rings is 2. The van der Waals surface area contributed by atoms with Crippen molar-refractivity contribution in [1.29, 1.82) is 0 Å². The highest BCUT2D eigenvalue weighted by molar-refractivity contribution is 7.92. The lowest BCUT2D eigenvalue weighted by Gasteiger charge is -2.16. The van der Waals surface area contributed by atoms with Crippen molar-refractivity contribution in [1.82, 2.24) is 4.31 Å². The minimum absolute atomic E-state index is 0.0970. The van der Waals surface area contributed by atoms with Crippen LogP contribution in [0.5, 0.6) is 5.75 Å². The molecule has 0 bridgehead atoms. The molecule has 0 saturated carbocycles. The molecule has 27 heavy (non-hydrogen) atoms. The molecule has 0 spiro atoms. The Morgan fingerprint density at radius 3 is 2.04 bits per heavy atom. The third-order valence-corrected chi connectivity index (χ3v) is 7.27. The average molecular weight is 413 g/mol. The standard InChI is InChI=1S/C18H24N2O5S2/c1-13(2)14-6-9-16(10-7-14)26(21,22)19-15-8-11-17(25-5)18(12-15)27(23,24)20(3)4/h6-13,19H,1-5H3. The minimum Gasteiger partial charge on any atom is -0.495 e. The number of hydrogen-bond acceptors (Lipinski definition) is 5. The summed E-state index contributed by atoms with van der Waals surface area (Å²) in [7, 11) is -3.53. The van der Waals surface area contributed by atoms with Crippen LogP contribution >= 0.6 is 0 Å². The van der Waals surface area contributed by atoms with Gasteiger partial charge in [-0.25, -0.2) is 21.1 Å². The fourth-order valence-electron chi connectivity index (χ4n) is 2.38. The number of anilines is 1. The first-order chi connectivity index (χ1) is 12.5. The molecule has 2 rings (SSSR count). The molecule has 0 heterocycles. The van der Waals surface area contributed by atoms with Gasteiger partial charge in [0.05, 0.1) is 17.7 Å². The lowest BCUT2D eigenvalue weighted by Crippen LogP contribution is -2.23. The number of hydrogen-bond donors (Lipinski definition) is 1. The summed E-state index contributed by atoms with van der Waals surface area (Å²) < 4.78 is 58.8. The van der Waals surface area contributed by atoms with E-state index in [1.807, 2.05) is 13.8 Å². The number of methoxy groups -OCH3 is 1. The molecule has 2 aromatic rings. The summed E-state index contributed by atoms with van der Waals surface area (Å²) in [6.45, 7) is 4.04. The van der Waals surface area contributed by atoms with Crippen LogP contribution in [0.2, 0.25) is 0 Å². The van der Waals surface area contributed by atoms with Crippen LogP contribution in [0.1, 0.15) is 25.3 Å². The van der Waals surface area contributed by atoms with Gasteiger partial charge >= 0.3 is 0 Å². The lowest BCUT2D eigenvalue weighted by atomic mass is 10.0. The van der Waals surface area contributed by atoms with Gasteiger partial charge in [0.15, 0.2) is 0 Å². The molecular weight excluding hydrogens is 388 g/mol. The van der Waals surface area contributed by atoms with E-state index in [0.717, 1.165) is 9.87 Å². The van der Waals surface area contributed by atoms with E-state index < -0.39 is 20.0 Å². The molecule has 0 aliphatic heterocycles. The Balaban J connectivity index is 2.42. The molecule has 0 aliphatic carbocycles. The fourth-order valence-corrected chi connectivity index (χ4v) is 4.51. The van der Waals surface area contributed by atoms with Gasteiger partial charge in [-0.15, -0.1) is 0 Å². The summed E-state index contributed by atoms with van der Waals surface area (Å²) in [5, 5.41) is 0. The molecule has 148 valence electrons. The van der Waals surface area contributed by atoms with Gasteiger partial charge in [0.25, 0.3) is 10.0 Å². The van der Waals surface area contributed by atoms with Crippen LogP contribution in [0.4, 0.5) is 5.69 Å². The molecule has 0 radical (unpaired) electrons. The zero-order chi connectivity index (χ0) is 20.4. The summed E-state index contributed by atoms with van der Waals surface area (Å²) in [5.41, 5.74) is 1.15. The van der Waals surface area contributed by atoms with Crippen LogP contribution in [-0.4, -0.2) is 42.3 Å². The van der Waals surface area contributed by atoms with E-state index in [1.165, 1.54) is 51.5 Å². The third-order valence-electron chi connectivity index (χ3n) is 4.03. The molecule has 9 heteroatoms. The van der Waals surface area contributed by atoms with Crippen molar-refractivity contribution in [2.45, 2.75) is 29.6 Å². The zero-order valence-corrected chi connectivity index (χ0v) is 17.6. The predicted molar refractivity (Wildman–Crippen MR) is 105 cm³/mol. The zero-order valence-electron chi connectivity index (χ0n) is 15.9. The van der Waals surface area contributed by atoms with Crippen molar-refractivity contribution < 1.29 is 21.6 Å². The van der Waals surface area contributed by atoms with Gasteiger partial charge in [-0.1, -0.05) is 26.0 Å². The Labute approximate surface area is 161 Å². The maximum Gasteiger partial charge on any atom is 0.261 e.